The third kappa shape index (κ3) is 2.74. The number of hydrogen-bond donors (Lipinski definition) is 1. The van der Waals surface area contributed by atoms with Gasteiger partial charge in [0.15, 0.2) is 5.78 Å². The number of nitriles is 1. The van der Waals surface area contributed by atoms with Gasteiger partial charge in [-0.05, 0) is 43.3 Å². The van der Waals surface area contributed by atoms with Crippen molar-refractivity contribution in [2.75, 3.05) is 11.4 Å². The van der Waals surface area contributed by atoms with Crippen molar-refractivity contribution in [2.24, 2.45) is 11.7 Å². The van der Waals surface area contributed by atoms with E-state index in [4.69, 9.17) is 5.73 Å². The van der Waals surface area contributed by atoms with E-state index in [9.17, 15) is 14.4 Å². The fourth-order valence-corrected chi connectivity index (χ4v) is 2.83. The van der Waals surface area contributed by atoms with E-state index in [1.54, 1.807) is 4.90 Å². The van der Waals surface area contributed by atoms with Crippen LogP contribution in [0.1, 0.15) is 15.9 Å². The molecule has 0 saturated carbocycles. The first kappa shape index (κ1) is 15.8. The quantitative estimate of drug-likeness (QED) is 0.882. The number of aryl methyl sites for hydroxylation is 1. The minimum absolute atomic E-state index is 0.232. The van der Waals surface area contributed by atoms with Crippen molar-refractivity contribution < 1.29 is 9.18 Å². The van der Waals surface area contributed by atoms with Gasteiger partial charge in [0.1, 0.15) is 11.6 Å². The third-order valence-corrected chi connectivity index (χ3v) is 4.19. The van der Waals surface area contributed by atoms with E-state index in [-0.39, 0.29) is 11.4 Å². The second-order valence-corrected chi connectivity index (χ2v) is 5.78. The summed E-state index contributed by atoms with van der Waals surface area (Å²) in [7, 11) is 0. The fourth-order valence-electron chi connectivity index (χ4n) is 2.83. The molecule has 1 aliphatic rings. The van der Waals surface area contributed by atoms with Crippen molar-refractivity contribution in [1.82, 2.24) is 0 Å². The molecule has 5 heteroatoms. The topological polar surface area (TPSA) is 70.1 Å². The van der Waals surface area contributed by atoms with E-state index >= 15 is 0 Å². The van der Waals surface area contributed by atoms with Crippen LogP contribution in [0.15, 0.2) is 59.9 Å². The average Bonchev–Trinajstić information content (AvgIpc) is 2.92. The number of benzene rings is 2. The van der Waals surface area contributed by atoms with Gasteiger partial charge < -0.3 is 10.6 Å². The molecule has 1 unspecified atom stereocenters. The summed E-state index contributed by atoms with van der Waals surface area (Å²) >= 11 is 0. The van der Waals surface area contributed by atoms with Gasteiger partial charge in [-0.1, -0.05) is 17.7 Å². The molecule has 3 rings (SSSR count). The van der Waals surface area contributed by atoms with E-state index < -0.39 is 11.7 Å². The Labute approximate surface area is 139 Å². The number of rotatable bonds is 3. The zero-order valence-electron chi connectivity index (χ0n) is 13.2. The molecule has 0 aliphatic carbocycles. The SMILES string of the molecule is Cc1ccc(N2CC(C(=O)c3ccc(F)cc3)C(C#N)=C2N)cc1. The smallest absolute Gasteiger partial charge is 0.172 e. The van der Waals surface area contributed by atoms with Crippen molar-refractivity contribution in [3.8, 4) is 6.07 Å². The number of nitrogens with two attached hydrogens (primary N) is 1. The van der Waals surface area contributed by atoms with Crippen molar-refractivity contribution in [3.63, 3.8) is 0 Å². The highest BCUT2D eigenvalue weighted by Gasteiger charge is 2.36. The van der Waals surface area contributed by atoms with Crippen LogP contribution in [-0.2, 0) is 0 Å². The predicted molar refractivity (Wildman–Crippen MR) is 89.6 cm³/mol. The molecule has 2 aromatic rings. The number of Topliss-reactive ketones (excluding diaryl/α,β-unsaturated/α-hetero) is 1. The lowest BCUT2D eigenvalue weighted by Gasteiger charge is -2.20. The number of nitrogens with zero attached hydrogens (tertiary/aromatic N) is 2. The molecular weight excluding hydrogens is 305 g/mol. The monoisotopic (exact) mass is 321 g/mol. The lowest BCUT2D eigenvalue weighted by atomic mass is 9.93. The molecule has 0 saturated heterocycles. The highest BCUT2D eigenvalue weighted by Crippen LogP contribution is 2.32. The first-order valence-corrected chi connectivity index (χ1v) is 7.55. The Kier molecular flexibility index (Phi) is 4.05. The molecule has 1 heterocycles. The second kappa shape index (κ2) is 6.17. The lowest BCUT2D eigenvalue weighted by molar-refractivity contribution is 0.0948. The van der Waals surface area contributed by atoms with Crippen LogP contribution >= 0.6 is 0 Å². The summed E-state index contributed by atoms with van der Waals surface area (Å²) in [5.74, 6) is -0.998. The van der Waals surface area contributed by atoms with E-state index in [2.05, 4.69) is 6.07 Å². The summed E-state index contributed by atoms with van der Waals surface area (Å²) in [6.45, 7) is 2.28. The molecule has 0 amide bonds. The Morgan fingerprint density at radius 1 is 1.21 bits per heavy atom. The zero-order chi connectivity index (χ0) is 17.3. The summed E-state index contributed by atoms with van der Waals surface area (Å²) in [6.07, 6.45) is 0. The lowest BCUT2D eigenvalue weighted by Crippen LogP contribution is -2.27. The Balaban J connectivity index is 1.93. The first-order chi connectivity index (χ1) is 11.5. The third-order valence-electron chi connectivity index (χ3n) is 4.19. The molecule has 120 valence electrons. The van der Waals surface area contributed by atoms with Gasteiger partial charge in [-0.15, -0.1) is 0 Å². The number of anilines is 1. The van der Waals surface area contributed by atoms with Crippen LogP contribution in [0, 0.1) is 30.0 Å². The van der Waals surface area contributed by atoms with E-state index in [1.807, 2.05) is 31.2 Å². The van der Waals surface area contributed by atoms with Gasteiger partial charge in [-0.2, -0.15) is 5.26 Å². The normalized spacial score (nSPS) is 17.0. The molecule has 0 bridgehead atoms. The van der Waals surface area contributed by atoms with Crippen LogP contribution in [0.25, 0.3) is 0 Å². The average molecular weight is 321 g/mol. The standard InChI is InChI=1S/C19H16FN3O/c1-12-2-8-15(9-3-12)23-11-17(16(10-21)19(23)22)18(24)13-4-6-14(20)7-5-13/h2-9,17H,11,22H2,1H3. The van der Waals surface area contributed by atoms with Crippen LogP contribution in [0.3, 0.4) is 0 Å². The van der Waals surface area contributed by atoms with Gasteiger partial charge >= 0.3 is 0 Å². The van der Waals surface area contributed by atoms with Gasteiger partial charge in [0.05, 0.1) is 17.6 Å². The van der Waals surface area contributed by atoms with Crippen molar-refractivity contribution in [1.29, 1.82) is 5.26 Å². The summed E-state index contributed by atoms with van der Waals surface area (Å²) in [5, 5.41) is 9.43. The molecule has 1 atom stereocenters. The molecule has 2 aromatic carbocycles. The predicted octanol–water partition coefficient (Wildman–Crippen LogP) is 3.15. The van der Waals surface area contributed by atoms with Crippen molar-refractivity contribution in [2.45, 2.75) is 6.92 Å². The number of carbonyl (C=O) groups excluding carboxylic acids is 1. The van der Waals surface area contributed by atoms with E-state index in [0.29, 0.717) is 17.9 Å². The van der Waals surface area contributed by atoms with Crippen molar-refractivity contribution >= 4 is 11.5 Å². The molecule has 0 fully saturated rings. The van der Waals surface area contributed by atoms with Crippen LogP contribution in [0.5, 0.6) is 0 Å². The number of hydrogen-bond acceptors (Lipinski definition) is 4. The maximum absolute atomic E-state index is 13.0. The minimum atomic E-state index is -0.651. The van der Waals surface area contributed by atoms with Gasteiger partial charge in [-0.3, -0.25) is 4.79 Å². The van der Waals surface area contributed by atoms with E-state index in [1.165, 1.54) is 24.3 Å². The molecule has 0 spiro atoms. The fraction of sp³-hybridized carbons (Fsp3) is 0.158. The van der Waals surface area contributed by atoms with Gasteiger partial charge in [0, 0.05) is 17.8 Å². The maximum Gasteiger partial charge on any atom is 0.172 e. The van der Waals surface area contributed by atoms with Crippen LogP contribution in [-0.4, -0.2) is 12.3 Å². The van der Waals surface area contributed by atoms with Crippen LogP contribution in [0.4, 0.5) is 10.1 Å². The van der Waals surface area contributed by atoms with E-state index in [0.717, 1.165) is 11.3 Å². The molecule has 0 aromatic heterocycles. The maximum atomic E-state index is 13.0. The number of halogens is 1. The molecule has 24 heavy (non-hydrogen) atoms. The summed E-state index contributed by atoms with van der Waals surface area (Å²) in [5.41, 5.74) is 8.67. The molecule has 2 N–H and O–H groups in total. The Morgan fingerprint density at radius 2 is 1.83 bits per heavy atom. The molecule has 4 nitrogen and oxygen atoms in total. The van der Waals surface area contributed by atoms with Crippen molar-refractivity contribution in [3.05, 3.63) is 76.9 Å². The Hall–Kier alpha value is -3.13. The molecule has 0 radical (unpaired) electrons. The first-order valence-electron chi connectivity index (χ1n) is 7.55. The highest BCUT2D eigenvalue weighted by atomic mass is 19.1. The summed E-state index contributed by atoms with van der Waals surface area (Å²) in [6, 6.07) is 15.1. The van der Waals surface area contributed by atoms with Gasteiger partial charge in [0.25, 0.3) is 0 Å². The van der Waals surface area contributed by atoms with Gasteiger partial charge in [-0.25, -0.2) is 4.39 Å². The summed E-state index contributed by atoms with van der Waals surface area (Å²) < 4.78 is 13.0. The highest BCUT2D eigenvalue weighted by molar-refractivity contribution is 6.01. The Morgan fingerprint density at radius 3 is 2.42 bits per heavy atom. The molecular formula is C19H16FN3O. The molecule has 1 aliphatic heterocycles. The zero-order valence-corrected chi connectivity index (χ0v) is 13.2. The van der Waals surface area contributed by atoms with Crippen LogP contribution in [0.2, 0.25) is 0 Å². The minimum Gasteiger partial charge on any atom is -0.384 e. The Bertz CT molecular complexity index is 848. The second-order valence-electron chi connectivity index (χ2n) is 5.78. The summed E-state index contributed by atoms with van der Waals surface area (Å²) in [4.78, 5) is 14.5. The van der Waals surface area contributed by atoms with Crippen LogP contribution < -0.4 is 10.6 Å². The number of ketones is 1. The van der Waals surface area contributed by atoms with Gasteiger partial charge in [0.2, 0.25) is 0 Å². The number of carbonyl (C=O) groups is 1. The largest absolute Gasteiger partial charge is 0.384 e.